The molecule has 1 aliphatic rings. The Hall–Kier alpha value is -1.92. The third-order valence-electron chi connectivity index (χ3n) is 5.70. The Bertz CT molecular complexity index is 784. The standard InChI is InChI=1S/C24H31NO3.ClH.H2O/c1-18-7-9-20(10-8-18)23(26)28-21-13-11-19(12-14-21)22(17-25(2)3)24(27)15-5-4-6-16-24;;/h7-14,22,27H,4-6,15-17H2,1-3H3;1H;1H2. The summed E-state index contributed by atoms with van der Waals surface area (Å²) in [6.07, 6.45) is 5.04. The van der Waals surface area contributed by atoms with Crippen LogP contribution < -0.4 is 4.74 Å². The molecule has 2 aromatic carbocycles. The topological polar surface area (TPSA) is 81.3 Å². The van der Waals surface area contributed by atoms with E-state index in [1.165, 1.54) is 6.42 Å². The number of aliphatic hydroxyl groups is 1. The third kappa shape index (κ3) is 6.54. The van der Waals surface area contributed by atoms with E-state index < -0.39 is 5.60 Å². The third-order valence-corrected chi connectivity index (χ3v) is 5.70. The molecule has 0 heterocycles. The predicted octanol–water partition coefficient (Wildman–Crippen LogP) is 4.15. The molecule has 0 aliphatic heterocycles. The Labute approximate surface area is 185 Å². The van der Waals surface area contributed by atoms with Crippen LogP contribution in [0.1, 0.15) is 59.5 Å². The van der Waals surface area contributed by atoms with Crippen molar-refractivity contribution in [3.63, 3.8) is 0 Å². The summed E-state index contributed by atoms with van der Waals surface area (Å²) in [7, 11) is 4.08. The monoisotopic (exact) mass is 435 g/mol. The number of rotatable bonds is 6. The van der Waals surface area contributed by atoms with Crippen molar-refractivity contribution in [3.8, 4) is 5.75 Å². The van der Waals surface area contributed by atoms with Gasteiger partial charge in [0.05, 0.1) is 11.2 Å². The lowest BCUT2D eigenvalue weighted by molar-refractivity contribution is -0.0277. The van der Waals surface area contributed by atoms with Crippen LogP contribution in [0.2, 0.25) is 0 Å². The summed E-state index contributed by atoms with van der Waals surface area (Å²) < 4.78 is 5.51. The molecule has 0 saturated heterocycles. The van der Waals surface area contributed by atoms with Gasteiger partial charge in [-0.3, -0.25) is 0 Å². The van der Waals surface area contributed by atoms with Gasteiger partial charge in [0.2, 0.25) is 0 Å². The van der Waals surface area contributed by atoms with Gasteiger partial charge in [-0.15, -0.1) is 12.4 Å². The minimum absolute atomic E-state index is 0. The molecule has 3 rings (SSSR count). The van der Waals surface area contributed by atoms with Gasteiger partial charge in [0.15, 0.2) is 0 Å². The molecule has 1 aliphatic carbocycles. The molecule has 30 heavy (non-hydrogen) atoms. The van der Waals surface area contributed by atoms with Gasteiger partial charge in [0.1, 0.15) is 5.75 Å². The summed E-state index contributed by atoms with van der Waals surface area (Å²) in [4.78, 5) is 14.4. The molecule has 0 amide bonds. The van der Waals surface area contributed by atoms with Gasteiger partial charge in [-0.1, -0.05) is 49.1 Å². The Balaban J connectivity index is 0.00000225. The molecular weight excluding hydrogens is 402 g/mol. The maximum absolute atomic E-state index is 12.3. The maximum Gasteiger partial charge on any atom is 0.343 e. The smallest absolute Gasteiger partial charge is 0.343 e. The van der Waals surface area contributed by atoms with Gasteiger partial charge in [-0.2, -0.15) is 0 Å². The summed E-state index contributed by atoms with van der Waals surface area (Å²) >= 11 is 0. The first kappa shape index (κ1) is 26.1. The summed E-state index contributed by atoms with van der Waals surface area (Å²) in [5, 5.41) is 11.3. The quantitative estimate of drug-likeness (QED) is 0.545. The zero-order valence-corrected chi connectivity index (χ0v) is 18.9. The first-order valence-electron chi connectivity index (χ1n) is 10.1. The normalized spacial score (nSPS) is 16.2. The van der Waals surface area contributed by atoms with Crippen molar-refractivity contribution in [3.05, 3.63) is 65.2 Å². The second-order valence-corrected chi connectivity index (χ2v) is 8.30. The van der Waals surface area contributed by atoms with Crippen molar-refractivity contribution < 1.29 is 20.1 Å². The number of aryl methyl sites for hydroxylation is 1. The molecule has 3 N–H and O–H groups in total. The van der Waals surface area contributed by atoms with Crippen LogP contribution in [-0.2, 0) is 0 Å². The van der Waals surface area contributed by atoms with Crippen molar-refractivity contribution in [2.45, 2.75) is 50.5 Å². The maximum atomic E-state index is 12.3. The molecule has 0 spiro atoms. The molecule has 2 aromatic rings. The van der Waals surface area contributed by atoms with Crippen LogP contribution in [-0.4, -0.2) is 47.7 Å². The number of hydrogen-bond acceptors (Lipinski definition) is 4. The van der Waals surface area contributed by atoms with Crippen molar-refractivity contribution in [2.24, 2.45) is 0 Å². The highest BCUT2D eigenvalue weighted by Crippen LogP contribution is 2.40. The Kier molecular flexibility index (Phi) is 9.98. The van der Waals surface area contributed by atoms with Gasteiger partial charge < -0.3 is 20.2 Å². The first-order valence-corrected chi connectivity index (χ1v) is 10.1. The number of likely N-dealkylation sites (N-methyl/N-ethyl adjacent to an activating group) is 1. The Morgan fingerprint density at radius 1 is 1.03 bits per heavy atom. The minimum Gasteiger partial charge on any atom is -0.423 e. The number of esters is 1. The minimum atomic E-state index is -0.664. The Morgan fingerprint density at radius 2 is 1.60 bits per heavy atom. The fourth-order valence-electron chi connectivity index (χ4n) is 4.09. The summed E-state index contributed by atoms with van der Waals surface area (Å²) in [5.41, 5.74) is 2.07. The second kappa shape index (κ2) is 11.5. The second-order valence-electron chi connectivity index (χ2n) is 8.30. The van der Waals surface area contributed by atoms with Crippen molar-refractivity contribution >= 4 is 18.4 Å². The molecule has 1 fully saturated rings. The van der Waals surface area contributed by atoms with E-state index in [9.17, 15) is 9.90 Å². The number of carbonyl (C=O) groups is 1. The zero-order valence-electron chi connectivity index (χ0n) is 18.1. The molecular formula is C24H34ClNO4. The lowest BCUT2D eigenvalue weighted by atomic mass is 9.72. The van der Waals surface area contributed by atoms with Gasteiger partial charge in [0.25, 0.3) is 0 Å². The zero-order chi connectivity index (χ0) is 20.1. The van der Waals surface area contributed by atoms with Gasteiger partial charge in [-0.05, 0) is 63.7 Å². The van der Waals surface area contributed by atoms with Crippen LogP contribution in [0.3, 0.4) is 0 Å². The number of nitrogens with zero attached hydrogens (tertiary/aromatic N) is 1. The first-order chi connectivity index (χ1) is 13.4. The SMILES string of the molecule is Cc1ccc(C(=O)Oc2ccc(C(CN(C)C)C3(O)CCCCC3)cc2)cc1.Cl.O. The fraction of sp³-hybridized carbons (Fsp3) is 0.458. The van der Waals surface area contributed by atoms with Gasteiger partial charge in [-0.25, -0.2) is 4.79 Å². The average Bonchev–Trinajstić information content (AvgIpc) is 2.68. The molecule has 166 valence electrons. The van der Waals surface area contributed by atoms with E-state index >= 15 is 0 Å². The van der Waals surface area contributed by atoms with Crippen molar-refractivity contribution in [1.82, 2.24) is 4.90 Å². The van der Waals surface area contributed by atoms with Crippen LogP contribution in [0.15, 0.2) is 48.5 Å². The van der Waals surface area contributed by atoms with Crippen LogP contribution in [0.5, 0.6) is 5.75 Å². The van der Waals surface area contributed by atoms with E-state index in [1.54, 1.807) is 12.1 Å². The van der Waals surface area contributed by atoms with Crippen LogP contribution in [0, 0.1) is 6.92 Å². The average molecular weight is 436 g/mol. The summed E-state index contributed by atoms with van der Waals surface area (Å²) in [5.74, 6) is 0.210. The summed E-state index contributed by atoms with van der Waals surface area (Å²) in [6, 6.07) is 15.0. The Morgan fingerprint density at radius 3 is 2.13 bits per heavy atom. The molecule has 0 radical (unpaired) electrons. The van der Waals surface area contributed by atoms with E-state index in [-0.39, 0.29) is 29.8 Å². The van der Waals surface area contributed by atoms with Crippen LogP contribution >= 0.6 is 12.4 Å². The molecule has 0 bridgehead atoms. The lowest BCUT2D eigenvalue weighted by Crippen LogP contribution is -2.42. The highest BCUT2D eigenvalue weighted by molar-refractivity contribution is 5.91. The largest absolute Gasteiger partial charge is 0.423 e. The van der Waals surface area contributed by atoms with E-state index in [2.05, 4.69) is 4.90 Å². The lowest BCUT2D eigenvalue weighted by Gasteiger charge is -2.40. The number of hydrogen-bond donors (Lipinski definition) is 1. The highest BCUT2D eigenvalue weighted by atomic mass is 35.5. The number of ether oxygens (including phenoxy) is 1. The van der Waals surface area contributed by atoms with Crippen molar-refractivity contribution in [1.29, 1.82) is 0 Å². The van der Waals surface area contributed by atoms with Crippen LogP contribution in [0.25, 0.3) is 0 Å². The van der Waals surface area contributed by atoms with Crippen LogP contribution in [0.4, 0.5) is 0 Å². The van der Waals surface area contributed by atoms with Gasteiger partial charge >= 0.3 is 5.97 Å². The molecule has 0 aromatic heterocycles. The fourth-order valence-corrected chi connectivity index (χ4v) is 4.09. The molecule has 1 saturated carbocycles. The summed E-state index contributed by atoms with van der Waals surface area (Å²) in [6.45, 7) is 2.78. The van der Waals surface area contributed by atoms with E-state index in [4.69, 9.17) is 4.74 Å². The van der Waals surface area contributed by atoms with E-state index in [0.29, 0.717) is 11.3 Å². The van der Waals surface area contributed by atoms with E-state index in [0.717, 1.165) is 43.4 Å². The number of benzene rings is 2. The van der Waals surface area contributed by atoms with E-state index in [1.807, 2.05) is 57.4 Å². The molecule has 1 atom stereocenters. The molecule has 6 heteroatoms. The molecule has 1 unspecified atom stereocenters. The number of halogens is 1. The highest BCUT2D eigenvalue weighted by Gasteiger charge is 2.38. The predicted molar refractivity (Wildman–Crippen MR) is 123 cm³/mol. The van der Waals surface area contributed by atoms with Crippen molar-refractivity contribution in [2.75, 3.05) is 20.6 Å². The molecule has 5 nitrogen and oxygen atoms in total. The van der Waals surface area contributed by atoms with Gasteiger partial charge in [0, 0.05) is 12.5 Å². The number of carbonyl (C=O) groups excluding carboxylic acids is 1.